The molecule has 0 aromatic heterocycles. The quantitative estimate of drug-likeness (QED) is 0.0169. The highest BCUT2D eigenvalue weighted by Crippen LogP contribution is 2.45. The average molecular weight is 1400 g/mol. The van der Waals surface area contributed by atoms with Gasteiger partial charge in [0.2, 0.25) is 0 Å². The van der Waals surface area contributed by atoms with Crippen LogP contribution in [0.3, 0.4) is 0 Å². The molecule has 2 unspecified atom stereocenters. The number of esters is 4. The third-order valence-corrected chi connectivity index (χ3v) is 18.4. The fraction of sp³-hybridized carbons (Fsp3) is 0.818. The molecule has 19 heteroatoms. The Bertz CT molecular complexity index is 2060. The first-order valence-corrected chi connectivity index (χ1v) is 41.5. The maximum atomic E-state index is 13.1. The van der Waals surface area contributed by atoms with Gasteiger partial charge in [-0.1, -0.05) is 294 Å². The van der Waals surface area contributed by atoms with Gasteiger partial charge in [0.15, 0.2) is 12.2 Å². The molecule has 0 radical (unpaired) electrons. The van der Waals surface area contributed by atoms with E-state index in [1.54, 1.807) is 0 Å². The first kappa shape index (κ1) is 92.8. The monoisotopic (exact) mass is 1400 g/mol. The van der Waals surface area contributed by atoms with Gasteiger partial charge >= 0.3 is 39.5 Å². The molecule has 0 fully saturated rings. The third-order valence-electron chi connectivity index (χ3n) is 16.5. The molecule has 0 aromatic carbocycles. The minimum absolute atomic E-state index is 0.0768. The van der Waals surface area contributed by atoms with Crippen LogP contribution in [0, 0.1) is 0 Å². The van der Waals surface area contributed by atoms with Gasteiger partial charge in [0, 0.05) is 25.7 Å². The van der Waals surface area contributed by atoms with Crippen LogP contribution in [0.2, 0.25) is 0 Å². The van der Waals surface area contributed by atoms with E-state index in [0.29, 0.717) is 32.1 Å². The Kier molecular flexibility index (Phi) is 67.8. The van der Waals surface area contributed by atoms with Crippen molar-refractivity contribution in [2.24, 2.45) is 0 Å². The largest absolute Gasteiger partial charge is 0.472 e. The van der Waals surface area contributed by atoms with E-state index in [1.165, 1.54) is 154 Å². The highest BCUT2D eigenvalue weighted by molar-refractivity contribution is 7.47. The van der Waals surface area contributed by atoms with E-state index in [-0.39, 0.29) is 25.7 Å². The summed E-state index contributed by atoms with van der Waals surface area (Å²) in [6, 6.07) is 0. The van der Waals surface area contributed by atoms with E-state index in [2.05, 4.69) is 76.3 Å². The van der Waals surface area contributed by atoms with Gasteiger partial charge in [0.1, 0.15) is 19.3 Å². The van der Waals surface area contributed by atoms with Crippen molar-refractivity contribution in [3.8, 4) is 0 Å². The van der Waals surface area contributed by atoms with Crippen molar-refractivity contribution < 1.29 is 80.2 Å². The van der Waals surface area contributed by atoms with E-state index in [9.17, 15) is 43.2 Å². The molecule has 0 aliphatic carbocycles. The van der Waals surface area contributed by atoms with Crippen molar-refractivity contribution >= 4 is 39.5 Å². The van der Waals surface area contributed by atoms with Crippen LogP contribution < -0.4 is 0 Å². The highest BCUT2D eigenvalue weighted by Gasteiger charge is 2.30. The molecule has 0 amide bonds. The minimum atomic E-state index is -4.98. The van der Waals surface area contributed by atoms with Gasteiger partial charge in [0.05, 0.1) is 26.4 Å². The van der Waals surface area contributed by atoms with Gasteiger partial charge < -0.3 is 33.8 Å². The van der Waals surface area contributed by atoms with Gasteiger partial charge in [-0.3, -0.25) is 37.3 Å². The maximum Gasteiger partial charge on any atom is 0.472 e. The number of phosphoric acid groups is 2. The second kappa shape index (κ2) is 70.2. The maximum absolute atomic E-state index is 13.1. The number of hydrogen-bond acceptors (Lipinski definition) is 15. The number of phosphoric ester groups is 2. The number of hydrogen-bond donors (Lipinski definition) is 3. The standard InChI is InChI=1S/C77H140O17P2/c1-5-9-13-17-21-25-29-33-34-35-36-40-42-46-50-54-58-62-75(80)88-68-73(94-77(82)64-60-56-52-48-44-39-32-28-24-20-16-12-8-4)70-92-96(85,86)90-66-71(78)65-89-95(83,84)91-69-72(93-76(81)63-59-55-51-47-43-38-31-27-23-19-15-11-7-3)67-87-74(79)61-57-53-49-45-41-37-30-26-22-18-14-10-6-2/h21,25,28,32-34,36,40,46,50,71-73,78H,5-20,22-24,26-27,29-31,35,37-39,41-45,47-49,51-70H2,1-4H3,(H,83,84)(H,85,86)/b25-21-,32-28-,34-33-,40-36-,50-46-/t71-,72-,73-/m1/s1. The number of carbonyl (C=O) groups excluding carboxylic acids is 4. The summed E-state index contributed by atoms with van der Waals surface area (Å²) in [7, 11) is -9.94. The van der Waals surface area contributed by atoms with E-state index in [0.717, 1.165) is 109 Å². The van der Waals surface area contributed by atoms with Crippen LogP contribution in [0.4, 0.5) is 0 Å². The van der Waals surface area contributed by atoms with Crippen LogP contribution in [0.1, 0.15) is 349 Å². The van der Waals surface area contributed by atoms with Crippen molar-refractivity contribution in [3.05, 3.63) is 60.8 Å². The number of aliphatic hydroxyl groups is 1. The molecule has 0 heterocycles. The Balaban J connectivity index is 5.35. The molecule has 0 aromatic rings. The Hall–Kier alpha value is -3.24. The van der Waals surface area contributed by atoms with Crippen LogP contribution in [0.15, 0.2) is 60.8 Å². The Morgan fingerprint density at radius 3 is 0.865 bits per heavy atom. The number of unbranched alkanes of at least 4 members (excludes halogenated alkanes) is 37. The lowest BCUT2D eigenvalue weighted by Crippen LogP contribution is -2.30. The first-order valence-electron chi connectivity index (χ1n) is 38.5. The van der Waals surface area contributed by atoms with Gasteiger partial charge in [-0.25, -0.2) is 9.13 Å². The Labute approximate surface area is 584 Å². The molecule has 0 aliphatic heterocycles. The molecule has 0 spiro atoms. The van der Waals surface area contributed by atoms with Crippen LogP contribution >= 0.6 is 15.6 Å². The number of ether oxygens (including phenoxy) is 4. The number of aliphatic hydroxyl groups excluding tert-OH is 1. The van der Waals surface area contributed by atoms with E-state index in [4.69, 9.17) is 37.0 Å². The lowest BCUT2D eigenvalue weighted by Gasteiger charge is -2.21. The topological polar surface area (TPSA) is 237 Å². The lowest BCUT2D eigenvalue weighted by molar-refractivity contribution is -0.161. The summed E-state index contributed by atoms with van der Waals surface area (Å²) in [6.45, 7) is 4.81. The highest BCUT2D eigenvalue weighted by atomic mass is 31.2. The molecule has 0 rings (SSSR count). The molecule has 5 atom stereocenters. The van der Waals surface area contributed by atoms with Crippen molar-refractivity contribution in [2.45, 2.75) is 367 Å². The average Bonchev–Trinajstić information content (AvgIpc) is 3.12. The van der Waals surface area contributed by atoms with Crippen molar-refractivity contribution in [2.75, 3.05) is 39.6 Å². The normalized spacial score (nSPS) is 14.3. The van der Waals surface area contributed by atoms with Crippen LogP contribution in [-0.4, -0.2) is 96.7 Å². The summed E-state index contributed by atoms with van der Waals surface area (Å²) < 4.78 is 68.4. The zero-order chi connectivity index (χ0) is 70.4. The van der Waals surface area contributed by atoms with Gasteiger partial charge in [0.25, 0.3) is 0 Å². The summed E-state index contributed by atoms with van der Waals surface area (Å²) >= 11 is 0. The molecule has 17 nitrogen and oxygen atoms in total. The third kappa shape index (κ3) is 69.2. The van der Waals surface area contributed by atoms with E-state index in [1.807, 2.05) is 12.2 Å². The first-order chi connectivity index (χ1) is 46.7. The SMILES string of the molecule is CCCCC/C=C\C/C=C\C/C=C\C/C=C\CCCC(=O)OC[C@H](COP(=O)(O)OC[C@H](O)COP(=O)(O)OC[C@@H](COC(=O)CCCCCCCCCCCCCCC)OC(=O)CCCCCCCCCCCCCCC)OC(=O)CCCCCCC/C=C\CCCCCC. The molecule has 0 saturated heterocycles. The summed E-state index contributed by atoms with van der Waals surface area (Å²) in [4.78, 5) is 72.8. The molecular formula is C77H140O17P2. The minimum Gasteiger partial charge on any atom is -0.462 e. The second-order valence-corrected chi connectivity index (χ2v) is 28.9. The van der Waals surface area contributed by atoms with Crippen LogP contribution in [0.25, 0.3) is 0 Å². The van der Waals surface area contributed by atoms with Crippen LogP contribution in [-0.2, 0) is 65.4 Å². The van der Waals surface area contributed by atoms with Gasteiger partial charge in [-0.2, -0.15) is 0 Å². The van der Waals surface area contributed by atoms with Crippen LogP contribution in [0.5, 0.6) is 0 Å². The summed E-state index contributed by atoms with van der Waals surface area (Å²) in [6.07, 6.45) is 67.9. The second-order valence-electron chi connectivity index (χ2n) is 26.0. The zero-order valence-corrected chi connectivity index (χ0v) is 62.8. The molecule has 0 bridgehead atoms. The van der Waals surface area contributed by atoms with Crippen molar-refractivity contribution in [3.63, 3.8) is 0 Å². The van der Waals surface area contributed by atoms with Gasteiger partial charge in [-0.05, 0) is 89.9 Å². The molecule has 0 aliphatic rings. The smallest absolute Gasteiger partial charge is 0.462 e. The number of carbonyl (C=O) groups is 4. The predicted octanol–water partition coefficient (Wildman–Crippen LogP) is 21.9. The molecule has 0 saturated carbocycles. The fourth-order valence-electron chi connectivity index (χ4n) is 10.6. The Morgan fingerprint density at radius 2 is 0.521 bits per heavy atom. The van der Waals surface area contributed by atoms with Gasteiger partial charge in [-0.15, -0.1) is 0 Å². The molecule has 3 N–H and O–H groups in total. The number of rotatable bonds is 73. The Morgan fingerprint density at radius 1 is 0.292 bits per heavy atom. The van der Waals surface area contributed by atoms with Crippen molar-refractivity contribution in [1.82, 2.24) is 0 Å². The summed E-state index contributed by atoms with van der Waals surface area (Å²) in [5, 5.41) is 10.6. The van der Waals surface area contributed by atoms with Crippen molar-refractivity contribution in [1.29, 1.82) is 0 Å². The molecular weight excluding hydrogens is 1260 g/mol. The van der Waals surface area contributed by atoms with E-state index >= 15 is 0 Å². The summed E-state index contributed by atoms with van der Waals surface area (Å²) in [5.74, 6) is -2.22. The predicted molar refractivity (Wildman–Crippen MR) is 390 cm³/mol. The van der Waals surface area contributed by atoms with E-state index < -0.39 is 97.5 Å². The number of allylic oxidation sites excluding steroid dienone is 10. The molecule has 96 heavy (non-hydrogen) atoms. The fourth-order valence-corrected chi connectivity index (χ4v) is 12.1. The summed E-state index contributed by atoms with van der Waals surface area (Å²) in [5.41, 5.74) is 0. The zero-order valence-electron chi connectivity index (χ0n) is 61.1. The lowest BCUT2D eigenvalue weighted by atomic mass is 10.0. The molecule has 560 valence electrons.